The molecule has 1 amide bonds. The summed E-state index contributed by atoms with van der Waals surface area (Å²) in [7, 11) is -2.25. The van der Waals surface area contributed by atoms with Crippen molar-refractivity contribution in [2.24, 2.45) is 0 Å². The Labute approximate surface area is 161 Å². The Balaban J connectivity index is 2.01. The number of aryl methyl sites for hydroxylation is 1. The molecule has 2 rings (SSSR count). The molecule has 27 heavy (non-hydrogen) atoms. The molecule has 146 valence electrons. The van der Waals surface area contributed by atoms with Crippen molar-refractivity contribution in [3.8, 4) is 5.75 Å². The van der Waals surface area contributed by atoms with Crippen molar-refractivity contribution in [2.75, 3.05) is 19.0 Å². The molecule has 0 aliphatic rings. The standard InChI is InChI=1S/C20H26N2O4S/c1-14-6-9-16(12-18(14)27(24,25)21-5)22-19(23)13-26-17-10-7-15(8-11-17)20(2,3)4/h6-12,21H,13H2,1-5H3,(H,22,23). The van der Waals surface area contributed by atoms with Crippen molar-refractivity contribution in [3.05, 3.63) is 53.6 Å². The molecule has 0 radical (unpaired) electrons. The van der Waals surface area contributed by atoms with Crippen molar-refractivity contribution >= 4 is 21.6 Å². The fourth-order valence-corrected chi connectivity index (χ4v) is 3.47. The smallest absolute Gasteiger partial charge is 0.262 e. The monoisotopic (exact) mass is 390 g/mol. The average Bonchev–Trinajstić information content (AvgIpc) is 2.61. The molecule has 0 spiro atoms. The Hall–Kier alpha value is -2.38. The molecule has 0 aliphatic carbocycles. The Bertz CT molecular complexity index is 914. The average molecular weight is 391 g/mol. The van der Waals surface area contributed by atoms with Gasteiger partial charge in [0.25, 0.3) is 5.91 Å². The van der Waals surface area contributed by atoms with Crippen LogP contribution in [0, 0.1) is 6.92 Å². The van der Waals surface area contributed by atoms with E-state index in [9.17, 15) is 13.2 Å². The van der Waals surface area contributed by atoms with Crippen LogP contribution in [0.4, 0.5) is 5.69 Å². The van der Waals surface area contributed by atoms with Gasteiger partial charge in [0.2, 0.25) is 10.0 Å². The first-order chi connectivity index (χ1) is 12.5. The summed E-state index contributed by atoms with van der Waals surface area (Å²) in [6, 6.07) is 12.3. The quantitative estimate of drug-likeness (QED) is 0.793. The van der Waals surface area contributed by atoms with Crippen LogP contribution in [0.1, 0.15) is 31.9 Å². The first-order valence-corrected chi connectivity index (χ1v) is 10.1. The summed E-state index contributed by atoms with van der Waals surface area (Å²) in [5.41, 5.74) is 2.22. The SMILES string of the molecule is CNS(=O)(=O)c1cc(NC(=O)COc2ccc(C(C)(C)C)cc2)ccc1C. The maximum absolute atomic E-state index is 12.1. The van der Waals surface area contributed by atoms with Crippen LogP contribution >= 0.6 is 0 Å². The molecule has 6 nitrogen and oxygen atoms in total. The maximum Gasteiger partial charge on any atom is 0.262 e. The zero-order chi connectivity index (χ0) is 20.2. The predicted octanol–water partition coefficient (Wildman–Crippen LogP) is 3.22. The van der Waals surface area contributed by atoms with Gasteiger partial charge in [-0.15, -0.1) is 0 Å². The normalized spacial score (nSPS) is 11.9. The predicted molar refractivity (Wildman–Crippen MR) is 107 cm³/mol. The summed E-state index contributed by atoms with van der Waals surface area (Å²) in [4.78, 5) is 12.3. The molecule has 2 aromatic carbocycles. The van der Waals surface area contributed by atoms with Crippen LogP contribution in [-0.4, -0.2) is 28.0 Å². The zero-order valence-electron chi connectivity index (χ0n) is 16.3. The minimum absolute atomic E-state index is 0.0483. The molecule has 0 unspecified atom stereocenters. The van der Waals surface area contributed by atoms with Crippen LogP contribution in [0.15, 0.2) is 47.4 Å². The van der Waals surface area contributed by atoms with E-state index in [1.165, 1.54) is 18.7 Å². The van der Waals surface area contributed by atoms with Gasteiger partial charge in [0.15, 0.2) is 6.61 Å². The number of nitrogens with one attached hydrogen (secondary N) is 2. The van der Waals surface area contributed by atoms with Gasteiger partial charge in [-0.1, -0.05) is 39.0 Å². The number of amides is 1. The van der Waals surface area contributed by atoms with E-state index in [2.05, 4.69) is 30.8 Å². The lowest BCUT2D eigenvalue weighted by Gasteiger charge is -2.19. The van der Waals surface area contributed by atoms with Gasteiger partial charge in [0.1, 0.15) is 5.75 Å². The van der Waals surface area contributed by atoms with E-state index in [1.807, 2.05) is 24.3 Å². The number of carbonyl (C=O) groups excluding carboxylic acids is 1. The summed E-state index contributed by atoms with van der Waals surface area (Å²) < 4.78 is 31.8. The van der Waals surface area contributed by atoms with Crippen molar-refractivity contribution in [1.29, 1.82) is 0 Å². The van der Waals surface area contributed by atoms with Gasteiger partial charge in [0.05, 0.1) is 4.90 Å². The lowest BCUT2D eigenvalue weighted by atomic mass is 9.87. The van der Waals surface area contributed by atoms with Gasteiger partial charge in [-0.3, -0.25) is 4.79 Å². The second-order valence-electron chi connectivity index (χ2n) is 7.30. The third kappa shape index (κ3) is 5.55. The number of anilines is 1. The van der Waals surface area contributed by atoms with Gasteiger partial charge >= 0.3 is 0 Å². The Morgan fingerprint density at radius 1 is 1.07 bits per heavy atom. The molecular formula is C20H26N2O4S. The van der Waals surface area contributed by atoms with Gasteiger partial charge in [-0.25, -0.2) is 13.1 Å². The molecule has 0 atom stereocenters. The Morgan fingerprint density at radius 2 is 1.70 bits per heavy atom. The highest BCUT2D eigenvalue weighted by Crippen LogP contribution is 2.24. The molecule has 2 N–H and O–H groups in total. The van der Waals surface area contributed by atoms with E-state index in [-0.39, 0.29) is 22.8 Å². The van der Waals surface area contributed by atoms with Crippen LogP contribution in [-0.2, 0) is 20.2 Å². The highest BCUT2D eigenvalue weighted by molar-refractivity contribution is 7.89. The van der Waals surface area contributed by atoms with E-state index >= 15 is 0 Å². The highest BCUT2D eigenvalue weighted by atomic mass is 32.2. The van der Waals surface area contributed by atoms with Crippen molar-refractivity contribution in [2.45, 2.75) is 38.0 Å². The fourth-order valence-electron chi connectivity index (χ4n) is 2.47. The van der Waals surface area contributed by atoms with E-state index in [0.717, 1.165) is 0 Å². The molecule has 7 heteroatoms. The number of sulfonamides is 1. The second-order valence-corrected chi connectivity index (χ2v) is 9.15. The number of carbonyl (C=O) groups is 1. The van der Waals surface area contributed by atoms with Gasteiger partial charge < -0.3 is 10.1 Å². The third-order valence-electron chi connectivity index (χ3n) is 4.12. The Kier molecular flexibility index (Phi) is 6.28. The third-order valence-corrected chi connectivity index (χ3v) is 5.68. The van der Waals surface area contributed by atoms with Crippen LogP contribution < -0.4 is 14.8 Å². The van der Waals surface area contributed by atoms with E-state index in [0.29, 0.717) is 17.0 Å². The van der Waals surface area contributed by atoms with Crippen LogP contribution in [0.25, 0.3) is 0 Å². The zero-order valence-corrected chi connectivity index (χ0v) is 17.1. The van der Waals surface area contributed by atoms with Crippen LogP contribution in [0.5, 0.6) is 5.75 Å². The fraction of sp³-hybridized carbons (Fsp3) is 0.350. The second kappa shape index (κ2) is 8.10. The van der Waals surface area contributed by atoms with E-state index in [1.54, 1.807) is 19.1 Å². The molecule has 0 aromatic heterocycles. The first-order valence-electron chi connectivity index (χ1n) is 8.60. The summed E-state index contributed by atoms with van der Waals surface area (Å²) >= 11 is 0. The van der Waals surface area contributed by atoms with Crippen LogP contribution in [0.2, 0.25) is 0 Å². The molecular weight excluding hydrogens is 364 g/mol. The topological polar surface area (TPSA) is 84.5 Å². The van der Waals surface area contributed by atoms with Crippen molar-refractivity contribution in [3.63, 3.8) is 0 Å². The van der Waals surface area contributed by atoms with E-state index in [4.69, 9.17) is 4.74 Å². The van der Waals surface area contributed by atoms with Gasteiger partial charge in [-0.05, 0) is 54.8 Å². The molecule has 0 aliphatic heterocycles. The Morgan fingerprint density at radius 3 is 2.26 bits per heavy atom. The molecule has 0 heterocycles. The summed E-state index contributed by atoms with van der Waals surface area (Å²) in [5.74, 6) is 0.229. The lowest BCUT2D eigenvalue weighted by Crippen LogP contribution is -2.22. The number of benzene rings is 2. The first kappa shape index (κ1) is 20.9. The molecule has 0 saturated carbocycles. The summed E-state index contributed by atoms with van der Waals surface area (Å²) in [6.07, 6.45) is 0. The van der Waals surface area contributed by atoms with Gasteiger partial charge in [-0.2, -0.15) is 0 Å². The number of hydrogen-bond acceptors (Lipinski definition) is 4. The highest BCUT2D eigenvalue weighted by Gasteiger charge is 2.16. The summed E-state index contributed by atoms with van der Waals surface area (Å²) in [5, 5.41) is 2.66. The minimum Gasteiger partial charge on any atom is -0.484 e. The summed E-state index contributed by atoms with van der Waals surface area (Å²) in [6.45, 7) is 7.90. The molecule has 0 bridgehead atoms. The van der Waals surface area contributed by atoms with Crippen molar-refractivity contribution in [1.82, 2.24) is 4.72 Å². The number of ether oxygens (including phenoxy) is 1. The number of hydrogen-bond donors (Lipinski definition) is 2. The molecule has 2 aromatic rings. The molecule has 0 fully saturated rings. The lowest BCUT2D eigenvalue weighted by molar-refractivity contribution is -0.118. The number of rotatable bonds is 6. The largest absolute Gasteiger partial charge is 0.484 e. The maximum atomic E-state index is 12.1. The van der Waals surface area contributed by atoms with E-state index < -0.39 is 10.0 Å². The minimum atomic E-state index is -3.59. The van der Waals surface area contributed by atoms with Gasteiger partial charge in [0, 0.05) is 5.69 Å². The van der Waals surface area contributed by atoms with Crippen molar-refractivity contribution < 1.29 is 17.9 Å². The van der Waals surface area contributed by atoms with Crippen LogP contribution in [0.3, 0.4) is 0 Å². The molecule has 0 saturated heterocycles.